The van der Waals surface area contributed by atoms with Gasteiger partial charge in [0, 0.05) is 78.1 Å². The molecular formula is C40H47F4N7O6. The highest BCUT2D eigenvalue weighted by molar-refractivity contribution is 6.00. The van der Waals surface area contributed by atoms with E-state index in [-0.39, 0.29) is 43.0 Å². The van der Waals surface area contributed by atoms with Crippen LogP contribution >= 0.6 is 0 Å². The Bertz CT molecular complexity index is 2310. The molecule has 3 fully saturated rings. The maximum atomic E-state index is 16.0. The zero-order valence-electron chi connectivity index (χ0n) is 32.6. The third-order valence-corrected chi connectivity index (χ3v) is 11.8. The van der Waals surface area contributed by atoms with E-state index in [4.69, 9.17) is 9.47 Å². The average Bonchev–Trinajstić information content (AvgIpc) is 3.42. The summed E-state index contributed by atoms with van der Waals surface area (Å²) >= 11 is 0. The van der Waals surface area contributed by atoms with E-state index in [1.165, 1.54) is 43.5 Å². The number of hydrogen-bond donors (Lipinski definition) is 1. The number of aromatic nitrogens is 3. The molecule has 3 saturated heterocycles. The van der Waals surface area contributed by atoms with Crippen molar-refractivity contribution >= 4 is 22.8 Å². The highest BCUT2D eigenvalue weighted by Crippen LogP contribution is 2.40. The fraction of sp³-hybridized carbons (Fsp3) is 0.500. The largest absolute Gasteiger partial charge is 0.496 e. The molecule has 0 aliphatic carbocycles. The Morgan fingerprint density at radius 3 is 2.21 bits per heavy atom. The van der Waals surface area contributed by atoms with Crippen LogP contribution in [0, 0.1) is 6.92 Å². The smallest absolute Gasteiger partial charge is 0.329 e. The lowest BCUT2D eigenvalue weighted by molar-refractivity contribution is -0.136. The van der Waals surface area contributed by atoms with E-state index in [0.717, 1.165) is 10.1 Å². The summed E-state index contributed by atoms with van der Waals surface area (Å²) < 4.78 is 75.3. The van der Waals surface area contributed by atoms with Gasteiger partial charge in [0.1, 0.15) is 17.5 Å². The molecule has 2 atom stereocenters. The fourth-order valence-corrected chi connectivity index (χ4v) is 8.85. The van der Waals surface area contributed by atoms with Crippen molar-refractivity contribution in [3.8, 4) is 22.6 Å². The molecule has 2 unspecified atom stereocenters. The number of nitrogens with zero attached hydrogens (tertiary/aromatic N) is 6. The van der Waals surface area contributed by atoms with Gasteiger partial charge in [-0.05, 0) is 54.7 Å². The van der Waals surface area contributed by atoms with Gasteiger partial charge in [-0.1, -0.05) is 12.1 Å². The summed E-state index contributed by atoms with van der Waals surface area (Å²) in [5.74, 6) is -3.19. The van der Waals surface area contributed by atoms with Crippen molar-refractivity contribution in [3.63, 3.8) is 0 Å². The molecule has 0 bridgehead atoms. The molecule has 7 rings (SSSR count). The Hall–Kier alpha value is -5.00. The Morgan fingerprint density at radius 2 is 1.60 bits per heavy atom. The van der Waals surface area contributed by atoms with E-state index >= 15 is 8.78 Å². The standard InChI is InChI=1S/C40H47F4N7O6/c1-23-26(20-46(2)38(54)34(23)36(41)42)25-17-30(56-4)27(31(18-25)57-5)21-49-12-11-32(40(43,44)22-49)50-15-13-48(14-16-50)19-24-7-6-8-28-35(24)47(3)39(55)51(28)29-9-10-33(52)45-37(29)53/h6-8,17-18,20,29,32,36H,9-16,19,21-22H2,1-5H3,(H,45,52,53). The van der Waals surface area contributed by atoms with Crippen LogP contribution in [0.5, 0.6) is 11.5 Å². The van der Waals surface area contributed by atoms with Crippen LogP contribution in [0.4, 0.5) is 17.6 Å². The van der Waals surface area contributed by atoms with Gasteiger partial charge < -0.3 is 14.0 Å². The number of halogens is 4. The van der Waals surface area contributed by atoms with Crippen molar-refractivity contribution in [3.05, 3.63) is 79.6 Å². The number of piperidine rings is 2. The first-order chi connectivity index (χ1) is 27.1. The number of imide groups is 1. The number of amides is 2. The predicted octanol–water partition coefficient (Wildman–Crippen LogP) is 3.97. The number of hydrogen-bond acceptors (Lipinski definition) is 9. The van der Waals surface area contributed by atoms with Crippen LogP contribution in [0.15, 0.2) is 46.1 Å². The van der Waals surface area contributed by atoms with Gasteiger partial charge in [0.25, 0.3) is 17.9 Å². The maximum absolute atomic E-state index is 16.0. The number of fused-ring (bicyclic) bond motifs is 1. The lowest BCUT2D eigenvalue weighted by Gasteiger charge is -2.46. The minimum atomic E-state index is -3.03. The van der Waals surface area contributed by atoms with Gasteiger partial charge in [-0.3, -0.25) is 43.5 Å². The number of aryl methyl sites for hydroxylation is 2. The first-order valence-corrected chi connectivity index (χ1v) is 19.0. The molecule has 0 spiro atoms. The zero-order chi connectivity index (χ0) is 40.9. The molecule has 3 aliphatic rings. The summed E-state index contributed by atoms with van der Waals surface area (Å²) in [5.41, 5.74) is 2.03. The number of methoxy groups -OCH3 is 2. The number of para-hydroxylation sites is 1. The lowest BCUT2D eigenvalue weighted by Crippen LogP contribution is -2.61. The minimum absolute atomic E-state index is 0.108. The zero-order valence-corrected chi connectivity index (χ0v) is 32.6. The molecule has 4 aromatic rings. The number of rotatable bonds is 10. The van der Waals surface area contributed by atoms with E-state index in [2.05, 4.69) is 10.2 Å². The Kier molecular flexibility index (Phi) is 11.1. The summed E-state index contributed by atoms with van der Waals surface area (Å²) in [7, 11) is 5.96. The van der Waals surface area contributed by atoms with Crippen LogP contribution < -0.4 is 26.0 Å². The Morgan fingerprint density at radius 1 is 0.912 bits per heavy atom. The molecule has 57 heavy (non-hydrogen) atoms. The quantitative estimate of drug-likeness (QED) is 0.188. The van der Waals surface area contributed by atoms with E-state index in [1.807, 2.05) is 17.0 Å². The number of benzene rings is 2. The summed E-state index contributed by atoms with van der Waals surface area (Å²) in [6.07, 6.45) is -0.863. The van der Waals surface area contributed by atoms with Gasteiger partial charge in [-0.2, -0.15) is 0 Å². The summed E-state index contributed by atoms with van der Waals surface area (Å²) in [6, 6.07) is 7.12. The molecule has 1 N–H and O–H groups in total. The summed E-state index contributed by atoms with van der Waals surface area (Å²) in [4.78, 5) is 56.0. The third kappa shape index (κ3) is 7.47. The molecule has 2 aromatic carbocycles. The number of carbonyl (C=O) groups is 2. The molecule has 2 aromatic heterocycles. The number of pyridine rings is 1. The topological polar surface area (TPSA) is 123 Å². The first kappa shape index (κ1) is 40.2. The molecule has 306 valence electrons. The van der Waals surface area contributed by atoms with Crippen LogP contribution in [-0.4, -0.2) is 106 Å². The minimum Gasteiger partial charge on any atom is -0.496 e. The SMILES string of the molecule is COc1cc(-c2cn(C)c(=O)c(C(F)F)c2C)cc(OC)c1CN1CCC(N2CCN(Cc3cccc4c3n(C)c(=O)n4C3CCC(=O)NC3=O)CC2)C(F)(F)C1. The van der Waals surface area contributed by atoms with Crippen molar-refractivity contribution in [1.29, 1.82) is 0 Å². The maximum Gasteiger partial charge on any atom is 0.329 e. The average molecular weight is 798 g/mol. The lowest BCUT2D eigenvalue weighted by atomic mass is 9.95. The van der Waals surface area contributed by atoms with Crippen molar-refractivity contribution in [2.75, 3.05) is 53.5 Å². The second kappa shape index (κ2) is 15.7. The van der Waals surface area contributed by atoms with Crippen LogP contribution in [0.25, 0.3) is 22.2 Å². The van der Waals surface area contributed by atoms with Crippen LogP contribution in [-0.2, 0) is 36.8 Å². The Labute approximate surface area is 326 Å². The van der Waals surface area contributed by atoms with E-state index in [9.17, 15) is 28.0 Å². The van der Waals surface area contributed by atoms with Crippen LogP contribution in [0.2, 0.25) is 0 Å². The predicted molar refractivity (Wildman–Crippen MR) is 204 cm³/mol. The number of imidazole rings is 1. The van der Waals surface area contributed by atoms with Gasteiger partial charge in [0.15, 0.2) is 0 Å². The van der Waals surface area contributed by atoms with Crippen molar-refractivity contribution in [2.45, 2.75) is 63.7 Å². The fourth-order valence-electron chi connectivity index (χ4n) is 8.85. The highest BCUT2D eigenvalue weighted by Gasteiger charge is 2.48. The second-order valence-electron chi connectivity index (χ2n) is 15.2. The first-order valence-electron chi connectivity index (χ1n) is 19.0. The van der Waals surface area contributed by atoms with Crippen LogP contribution in [0.3, 0.4) is 0 Å². The van der Waals surface area contributed by atoms with E-state index in [1.54, 1.807) is 30.1 Å². The Balaban J connectivity index is 1.02. The van der Waals surface area contributed by atoms with Gasteiger partial charge in [0.2, 0.25) is 11.8 Å². The van der Waals surface area contributed by atoms with E-state index in [0.29, 0.717) is 78.5 Å². The van der Waals surface area contributed by atoms with Gasteiger partial charge in [-0.15, -0.1) is 0 Å². The van der Waals surface area contributed by atoms with Gasteiger partial charge in [0.05, 0.1) is 49.0 Å². The molecule has 17 heteroatoms. The van der Waals surface area contributed by atoms with Crippen molar-refractivity contribution in [2.24, 2.45) is 14.1 Å². The normalized spacial score (nSPS) is 21.0. The molecule has 0 radical (unpaired) electrons. The molecule has 5 heterocycles. The molecule has 2 amide bonds. The second-order valence-corrected chi connectivity index (χ2v) is 15.2. The van der Waals surface area contributed by atoms with Gasteiger partial charge >= 0.3 is 5.69 Å². The summed E-state index contributed by atoms with van der Waals surface area (Å²) in [5, 5.41) is 2.33. The van der Waals surface area contributed by atoms with Crippen molar-refractivity contribution < 1.29 is 36.6 Å². The number of ether oxygens (including phenoxy) is 2. The van der Waals surface area contributed by atoms with Gasteiger partial charge in [-0.25, -0.2) is 22.4 Å². The monoisotopic (exact) mass is 797 g/mol. The number of carbonyl (C=O) groups excluding carboxylic acids is 2. The number of likely N-dealkylation sites (tertiary alicyclic amines) is 1. The van der Waals surface area contributed by atoms with E-state index < -0.39 is 48.0 Å². The molecule has 0 saturated carbocycles. The third-order valence-electron chi connectivity index (χ3n) is 11.8. The molecular weight excluding hydrogens is 750 g/mol. The summed E-state index contributed by atoms with van der Waals surface area (Å²) in [6.45, 7) is 3.94. The highest BCUT2D eigenvalue weighted by atomic mass is 19.3. The van der Waals surface area contributed by atoms with Crippen molar-refractivity contribution in [1.82, 2.24) is 33.7 Å². The molecule has 13 nitrogen and oxygen atoms in total. The number of alkyl halides is 4. The molecule has 3 aliphatic heterocycles. The van der Waals surface area contributed by atoms with Crippen LogP contribution in [0.1, 0.15) is 54.0 Å². The number of piperazine rings is 1. The number of nitrogens with one attached hydrogen (secondary N) is 1.